The molecular weight excluding hydrogens is 372 g/mol. The number of hydrazone groups is 1. The highest BCUT2D eigenvalue weighted by Crippen LogP contribution is 2.32. The molecule has 0 radical (unpaired) electrons. The van der Waals surface area contributed by atoms with Crippen molar-refractivity contribution in [1.82, 2.24) is 5.43 Å². The van der Waals surface area contributed by atoms with Crippen molar-refractivity contribution in [1.29, 1.82) is 0 Å². The van der Waals surface area contributed by atoms with Gasteiger partial charge in [-0.3, -0.25) is 4.79 Å². The summed E-state index contributed by atoms with van der Waals surface area (Å²) in [5.74, 6) is -0.474. The van der Waals surface area contributed by atoms with Crippen LogP contribution in [0.4, 0.5) is 0 Å². The Balaban J connectivity index is 1.52. The number of nitrogens with one attached hydrogen (secondary N) is 1. The average Bonchev–Trinajstić information content (AvgIpc) is 2.69. The topological polar surface area (TPSA) is 89.4 Å². The number of aliphatic carboxylic acids is 1. The smallest absolute Gasteiger partial charge is 0.306 e. The van der Waals surface area contributed by atoms with Crippen molar-refractivity contribution in [2.75, 3.05) is 20.8 Å². The molecule has 7 heteroatoms. The molecule has 2 fully saturated rings. The van der Waals surface area contributed by atoms with E-state index in [0.717, 1.165) is 25.0 Å². The Morgan fingerprint density at radius 1 is 1.21 bits per heavy atom. The molecule has 1 aromatic rings. The van der Waals surface area contributed by atoms with Gasteiger partial charge in [-0.25, -0.2) is 0 Å². The Hall–Kier alpha value is -1.96. The standard InChI is InChI=1S/C22H32N2O5/c1-27-22(28-2)19-10-16(14-29-13-15-6-4-3-5-7-15)8-9-20(19)24-23-18-11-17(12-18)21(25)26/h3-7,16-19,22-23H,8-14H2,1-2H3,(H,25,26). The molecule has 0 aromatic heterocycles. The van der Waals surface area contributed by atoms with E-state index in [0.29, 0.717) is 32.0 Å². The van der Waals surface area contributed by atoms with E-state index in [1.54, 1.807) is 14.2 Å². The average molecular weight is 405 g/mol. The number of rotatable bonds is 10. The van der Waals surface area contributed by atoms with Crippen LogP contribution in [-0.2, 0) is 25.6 Å². The van der Waals surface area contributed by atoms with Crippen molar-refractivity contribution < 1.29 is 24.1 Å². The highest BCUT2D eigenvalue weighted by atomic mass is 16.7. The van der Waals surface area contributed by atoms with Crippen LogP contribution in [0.25, 0.3) is 0 Å². The SMILES string of the molecule is COC(OC)C1CC(COCc2ccccc2)CCC1=NNC1CC(C(=O)O)C1. The van der Waals surface area contributed by atoms with E-state index in [1.165, 1.54) is 5.56 Å². The van der Waals surface area contributed by atoms with Crippen LogP contribution in [0.3, 0.4) is 0 Å². The van der Waals surface area contributed by atoms with Crippen molar-refractivity contribution >= 4 is 11.7 Å². The minimum atomic E-state index is -0.719. The van der Waals surface area contributed by atoms with Crippen molar-refractivity contribution in [3.05, 3.63) is 35.9 Å². The van der Waals surface area contributed by atoms with Gasteiger partial charge in [0.1, 0.15) is 0 Å². The van der Waals surface area contributed by atoms with E-state index in [2.05, 4.69) is 22.7 Å². The number of carboxylic acid groups (broad SMARTS) is 1. The van der Waals surface area contributed by atoms with Gasteiger partial charge in [0.05, 0.1) is 18.4 Å². The second kappa shape index (κ2) is 10.7. The lowest BCUT2D eigenvalue weighted by Gasteiger charge is -2.36. The third kappa shape index (κ3) is 6.01. The first-order valence-corrected chi connectivity index (χ1v) is 10.3. The molecule has 2 aliphatic rings. The van der Waals surface area contributed by atoms with Crippen molar-refractivity contribution in [3.63, 3.8) is 0 Å². The Bertz CT molecular complexity index is 671. The number of methoxy groups -OCH3 is 2. The maximum Gasteiger partial charge on any atom is 0.306 e. The van der Waals surface area contributed by atoms with Crippen LogP contribution in [0, 0.1) is 17.8 Å². The Kier molecular flexibility index (Phi) is 8.03. The number of hydrogen-bond acceptors (Lipinski definition) is 6. The molecule has 2 N–H and O–H groups in total. The first-order valence-electron chi connectivity index (χ1n) is 10.3. The number of hydrogen-bond donors (Lipinski definition) is 2. The van der Waals surface area contributed by atoms with Crippen molar-refractivity contribution in [3.8, 4) is 0 Å². The minimum Gasteiger partial charge on any atom is -0.481 e. The van der Waals surface area contributed by atoms with Gasteiger partial charge in [-0.2, -0.15) is 5.10 Å². The lowest BCUT2D eigenvalue weighted by molar-refractivity contribution is -0.145. The zero-order valence-corrected chi connectivity index (χ0v) is 17.3. The summed E-state index contributed by atoms with van der Waals surface area (Å²) < 4.78 is 17.0. The highest BCUT2D eigenvalue weighted by Gasteiger charge is 2.36. The Morgan fingerprint density at radius 3 is 2.59 bits per heavy atom. The maximum absolute atomic E-state index is 11.0. The second-order valence-corrected chi connectivity index (χ2v) is 8.02. The molecular formula is C22H32N2O5. The van der Waals surface area contributed by atoms with Gasteiger partial charge in [0.2, 0.25) is 0 Å². The summed E-state index contributed by atoms with van der Waals surface area (Å²) in [6.45, 7) is 1.32. The molecule has 0 saturated heterocycles. The van der Waals surface area contributed by atoms with E-state index in [1.807, 2.05) is 18.2 Å². The normalized spacial score (nSPS) is 28.3. The molecule has 3 rings (SSSR count). The molecule has 0 amide bonds. The number of carbonyl (C=O) groups is 1. The highest BCUT2D eigenvalue weighted by molar-refractivity contribution is 5.87. The monoisotopic (exact) mass is 404 g/mol. The van der Waals surface area contributed by atoms with E-state index in [4.69, 9.17) is 19.3 Å². The van der Waals surface area contributed by atoms with Gasteiger partial charge in [-0.05, 0) is 43.6 Å². The Morgan fingerprint density at radius 2 is 1.93 bits per heavy atom. The molecule has 1 aromatic carbocycles. The third-order valence-electron chi connectivity index (χ3n) is 5.96. The van der Waals surface area contributed by atoms with Crippen LogP contribution in [0.2, 0.25) is 0 Å². The molecule has 0 spiro atoms. The van der Waals surface area contributed by atoms with Crippen LogP contribution in [-0.4, -0.2) is 49.9 Å². The molecule has 0 aliphatic heterocycles. The van der Waals surface area contributed by atoms with E-state index in [9.17, 15) is 4.79 Å². The van der Waals surface area contributed by atoms with Crippen LogP contribution in [0.5, 0.6) is 0 Å². The maximum atomic E-state index is 11.0. The molecule has 7 nitrogen and oxygen atoms in total. The number of carboxylic acids is 1. The van der Waals surface area contributed by atoms with Gasteiger partial charge < -0.3 is 24.7 Å². The molecule has 0 heterocycles. The zero-order chi connectivity index (χ0) is 20.6. The van der Waals surface area contributed by atoms with E-state index in [-0.39, 0.29) is 24.2 Å². The van der Waals surface area contributed by atoms with Gasteiger partial charge in [0.15, 0.2) is 6.29 Å². The van der Waals surface area contributed by atoms with Crippen LogP contribution in [0.1, 0.15) is 37.7 Å². The summed E-state index contributed by atoms with van der Waals surface area (Å²) in [4.78, 5) is 11.0. The van der Waals surface area contributed by atoms with Crippen LogP contribution in [0.15, 0.2) is 35.4 Å². The summed E-state index contributed by atoms with van der Waals surface area (Å²) in [5.41, 5.74) is 5.39. The summed E-state index contributed by atoms with van der Waals surface area (Å²) in [6, 6.07) is 10.3. The van der Waals surface area contributed by atoms with Gasteiger partial charge >= 0.3 is 5.97 Å². The fourth-order valence-corrected chi connectivity index (χ4v) is 4.15. The fraction of sp³-hybridized carbons (Fsp3) is 0.636. The van der Waals surface area contributed by atoms with Crippen molar-refractivity contribution in [2.45, 2.75) is 51.0 Å². The second-order valence-electron chi connectivity index (χ2n) is 8.02. The molecule has 2 saturated carbocycles. The predicted octanol–water partition coefficient (Wildman–Crippen LogP) is 3.05. The van der Waals surface area contributed by atoms with Crippen molar-refractivity contribution in [2.24, 2.45) is 22.9 Å². The largest absolute Gasteiger partial charge is 0.481 e. The van der Waals surface area contributed by atoms with Gasteiger partial charge in [-0.15, -0.1) is 0 Å². The van der Waals surface area contributed by atoms with Gasteiger partial charge in [0, 0.05) is 32.6 Å². The van der Waals surface area contributed by atoms with Gasteiger partial charge in [-0.1, -0.05) is 30.3 Å². The summed E-state index contributed by atoms with van der Waals surface area (Å²) in [6.07, 6.45) is 3.67. The predicted molar refractivity (Wildman–Crippen MR) is 109 cm³/mol. The summed E-state index contributed by atoms with van der Waals surface area (Å²) in [7, 11) is 3.30. The molecule has 2 unspecified atom stereocenters. The number of nitrogens with zero attached hydrogens (tertiary/aromatic N) is 1. The lowest BCUT2D eigenvalue weighted by Crippen LogP contribution is -2.44. The summed E-state index contributed by atoms with van der Waals surface area (Å²) in [5, 5.41) is 13.6. The fourth-order valence-electron chi connectivity index (χ4n) is 4.15. The van der Waals surface area contributed by atoms with Crippen LogP contribution >= 0.6 is 0 Å². The van der Waals surface area contributed by atoms with E-state index < -0.39 is 5.97 Å². The minimum absolute atomic E-state index is 0.0620. The molecule has 2 atom stereocenters. The number of ether oxygens (including phenoxy) is 3. The quantitative estimate of drug-likeness (QED) is 0.460. The van der Waals surface area contributed by atoms with E-state index >= 15 is 0 Å². The Labute approximate surface area is 172 Å². The third-order valence-corrected chi connectivity index (χ3v) is 5.96. The zero-order valence-electron chi connectivity index (χ0n) is 17.3. The molecule has 2 aliphatic carbocycles. The molecule has 0 bridgehead atoms. The number of benzene rings is 1. The first-order chi connectivity index (χ1) is 14.1. The van der Waals surface area contributed by atoms with Gasteiger partial charge in [0.25, 0.3) is 0 Å². The first kappa shape index (κ1) is 21.7. The lowest BCUT2D eigenvalue weighted by atomic mass is 9.79. The van der Waals surface area contributed by atoms with Crippen LogP contribution < -0.4 is 5.43 Å². The molecule has 29 heavy (non-hydrogen) atoms. The molecule has 160 valence electrons. The summed E-state index contributed by atoms with van der Waals surface area (Å²) >= 11 is 0.